The summed E-state index contributed by atoms with van der Waals surface area (Å²) in [5, 5.41) is 5.39. The van der Waals surface area contributed by atoms with Gasteiger partial charge in [-0.2, -0.15) is 4.98 Å². The van der Waals surface area contributed by atoms with Crippen LogP contribution in [0.15, 0.2) is 47.0 Å². The topological polar surface area (TPSA) is 72.1 Å². The molecular weight excluding hydrogens is 559 g/mol. The molecular formula is C35H37FN4O2S. The lowest BCUT2D eigenvalue weighted by Crippen LogP contribution is -2.65. The van der Waals surface area contributed by atoms with Gasteiger partial charge in [0.2, 0.25) is 11.8 Å². The number of halogens is 1. The fourth-order valence-corrected chi connectivity index (χ4v) is 9.79. The van der Waals surface area contributed by atoms with Crippen LogP contribution in [-0.4, -0.2) is 33.2 Å². The molecule has 7 aliphatic carbocycles. The zero-order valence-electron chi connectivity index (χ0n) is 24.7. The van der Waals surface area contributed by atoms with E-state index >= 15 is 0 Å². The summed E-state index contributed by atoms with van der Waals surface area (Å²) in [5.41, 5.74) is 3.09. The summed E-state index contributed by atoms with van der Waals surface area (Å²) in [5.74, 6) is 2.39. The van der Waals surface area contributed by atoms with Crippen LogP contribution in [0.25, 0.3) is 21.3 Å². The van der Waals surface area contributed by atoms with E-state index in [0.717, 1.165) is 77.6 Å². The number of carbonyl (C=O) groups excluding carboxylic acids is 1. The number of aromatic nitrogens is 3. The Balaban J connectivity index is 0.999. The number of aryl methyl sites for hydroxylation is 1. The minimum absolute atomic E-state index is 0.00931. The van der Waals surface area contributed by atoms with Crippen LogP contribution >= 0.6 is 11.3 Å². The molecule has 2 aromatic heterocycles. The smallest absolute Gasteiger partial charge is 0.232 e. The van der Waals surface area contributed by atoms with Crippen molar-refractivity contribution in [2.24, 2.45) is 10.8 Å². The average Bonchev–Trinajstić information content (AvgIpc) is 3.58. The zero-order valence-corrected chi connectivity index (χ0v) is 25.5. The summed E-state index contributed by atoms with van der Waals surface area (Å²) in [6.07, 6.45) is 10.7. The van der Waals surface area contributed by atoms with Crippen LogP contribution in [0.5, 0.6) is 0 Å². The molecule has 0 aliphatic heterocycles. The first kappa shape index (κ1) is 26.3. The Morgan fingerprint density at radius 2 is 1.72 bits per heavy atom. The Labute approximate surface area is 255 Å². The van der Waals surface area contributed by atoms with E-state index in [1.54, 1.807) is 11.3 Å². The summed E-state index contributed by atoms with van der Waals surface area (Å²) < 4.78 is 21.5. The van der Waals surface area contributed by atoms with Gasteiger partial charge in [0.05, 0.1) is 15.2 Å². The van der Waals surface area contributed by atoms with E-state index in [0.29, 0.717) is 38.1 Å². The predicted octanol–water partition coefficient (Wildman–Crippen LogP) is 8.44. The third kappa shape index (κ3) is 4.30. The molecule has 6 nitrogen and oxygen atoms in total. The summed E-state index contributed by atoms with van der Waals surface area (Å²) in [4.78, 5) is 25.8. The van der Waals surface area contributed by atoms with Gasteiger partial charge in [-0.1, -0.05) is 23.4 Å². The molecule has 0 saturated heterocycles. The Morgan fingerprint density at radius 3 is 2.44 bits per heavy atom. The standard InChI is InChI=1S/C35H37FN4O2S/c1-22-37-27-16-25(7-8-28(27)43-22)24-3-2-4-26(15-24)40(29(41)17-33-18-35(36,19-33)20-33)21-32-9-12-34(13-10-32,14-11-32)31-38-30(39-42-31)23-5-6-23/h2-4,7-8,15-16,23H,5-6,9-14,17-21H2,1H3. The number of alkyl halides is 1. The van der Waals surface area contributed by atoms with E-state index in [9.17, 15) is 9.18 Å². The van der Waals surface area contributed by atoms with E-state index < -0.39 is 5.67 Å². The lowest BCUT2D eigenvalue weighted by Gasteiger charge is -2.66. The summed E-state index contributed by atoms with van der Waals surface area (Å²) in [6, 6.07) is 14.9. The minimum atomic E-state index is -0.999. The van der Waals surface area contributed by atoms with Crippen molar-refractivity contribution in [2.75, 3.05) is 11.4 Å². The molecule has 0 spiro atoms. The van der Waals surface area contributed by atoms with E-state index in [1.165, 1.54) is 17.5 Å². The molecule has 4 aromatic rings. The molecule has 222 valence electrons. The van der Waals surface area contributed by atoms with Gasteiger partial charge >= 0.3 is 0 Å². The number of hydrogen-bond acceptors (Lipinski definition) is 6. The summed E-state index contributed by atoms with van der Waals surface area (Å²) in [6.45, 7) is 2.75. The molecule has 0 unspecified atom stereocenters. The number of benzene rings is 2. The van der Waals surface area contributed by atoms with Crippen molar-refractivity contribution in [1.82, 2.24) is 15.1 Å². The molecule has 0 atom stereocenters. The molecule has 4 bridgehead atoms. The van der Waals surface area contributed by atoms with E-state index in [2.05, 4.69) is 52.5 Å². The molecule has 0 radical (unpaired) electrons. The molecule has 1 amide bonds. The van der Waals surface area contributed by atoms with Gasteiger partial charge in [0.25, 0.3) is 0 Å². The molecule has 8 heteroatoms. The van der Waals surface area contributed by atoms with Crippen LogP contribution in [0, 0.1) is 17.8 Å². The third-order valence-electron chi connectivity index (χ3n) is 11.6. The van der Waals surface area contributed by atoms with Gasteiger partial charge in [-0.05, 0) is 124 Å². The third-order valence-corrected chi connectivity index (χ3v) is 12.6. The quantitative estimate of drug-likeness (QED) is 0.204. The largest absolute Gasteiger partial charge is 0.339 e. The van der Waals surface area contributed by atoms with Crippen molar-refractivity contribution < 1.29 is 13.7 Å². The van der Waals surface area contributed by atoms with Crippen LogP contribution in [-0.2, 0) is 10.2 Å². The van der Waals surface area contributed by atoms with Gasteiger partial charge in [0.15, 0.2) is 5.82 Å². The van der Waals surface area contributed by atoms with Crippen LogP contribution in [0.4, 0.5) is 10.1 Å². The zero-order chi connectivity index (χ0) is 29.0. The lowest BCUT2D eigenvalue weighted by atomic mass is 9.41. The molecule has 0 N–H and O–H groups in total. The highest BCUT2D eigenvalue weighted by atomic mass is 32.1. The molecule has 11 rings (SSSR count). The molecule has 43 heavy (non-hydrogen) atoms. The second-order valence-electron chi connectivity index (χ2n) is 14.8. The van der Waals surface area contributed by atoms with Crippen LogP contribution in [0.2, 0.25) is 0 Å². The predicted molar refractivity (Wildman–Crippen MR) is 165 cm³/mol. The fraction of sp³-hybridized carbons (Fsp3) is 0.543. The maximum atomic E-state index is 14.4. The number of amides is 1. The summed E-state index contributed by atoms with van der Waals surface area (Å²) >= 11 is 1.71. The van der Waals surface area contributed by atoms with Crippen molar-refractivity contribution in [3.8, 4) is 11.1 Å². The number of fused-ring (bicyclic) bond motifs is 4. The molecule has 7 aliphatic rings. The van der Waals surface area contributed by atoms with Crippen LogP contribution < -0.4 is 4.90 Å². The Hall–Kier alpha value is -3.13. The number of hydrogen-bond donors (Lipinski definition) is 0. The number of rotatable bonds is 8. The Kier molecular flexibility index (Phi) is 5.48. The highest BCUT2D eigenvalue weighted by Crippen LogP contribution is 2.71. The van der Waals surface area contributed by atoms with Gasteiger partial charge in [-0.25, -0.2) is 9.37 Å². The Morgan fingerprint density at radius 1 is 0.977 bits per heavy atom. The van der Waals surface area contributed by atoms with Crippen molar-refractivity contribution in [1.29, 1.82) is 0 Å². The van der Waals surface area contributed by atoms with Crippen LogP contribution in [0.3, 0.4) is 0 Å². The summed E-state index contributed by atoms with van der Waals surface area (Å²) in [7, 11) is 0. The highest BCUT2D eigenvalue weighted by Gasteiger charge is 2.69. The number of nitrogens with zero attached hydrogens (tertiary/aromatic N) is 4. The normalized spacial score (nSPS) is 32.4. The van der Waals surface area contributed by atoms with Crippen molar-refractivity contribution in [3.05, 3.63) is 59.2 Å². The maximum Gasteiger partial charge on any atom is 0.232 e. The first-order valence-electron chi connectivity index (χ1n) is 16.0. The first-order chi connectivity index (χ1) is 20.7. The van der Waals surface area contributed by atoms with Crippen molar-refractivity contribution in [3.63, 3.8) is 0 Å². The van der Waals surface area contributed by atoms with Gasteiger partial charge in [0, 0.05) is 30.0 Å². The maximum absolute atomic E-state index is 14.4. The highest BCUT2D eigenvalue weighted by molar-refractivity contribution is 7.18. The van der Waals surface area contributed by atoms with Gasteiger partial charge in [0.1, 0.15) is 5.67 Å². The fourth-order valence-electron chi connectivity index (χ4n) is 8.98. The molecule has 2 heterocycles. The Bertz CT molecular complexity index is 1730. The number of carbonyl (C=O) groups is 1. The van der Waals surface area contributed by atoms with E-state index in [1.807, 2.05) is 6.92 Å². The average molecular weight is 597 g/mol. The molecule has 7 fully saturated rings. The van der Waals surface area contributed by atoms with E-state index in [4.69, 9.17) is 14.5 Å². The van der Waals surface area contributed by atoms with Crippen molar-refractivity contribution in [2.45, 2.75) is 101 Å². The minimum Gasteiger partial charge on any atom is -0.339 e. The van der Waals surface area contributed by atoms with Gasteiger partial charge in [-0.3, -0.25) is 4.79 Å². The monoisotopic (exact) mass is 596 g/mol. The van der Waals surface area contributed by atoms with E-state index in [-0.39, 0.29) is 22.2 Å². The number of thiazole rings is 1. The molecule has 2 aromatic carbocycles. The second kappa shape index (κ2) is 8.96. The second-order valence-corrected chi connectivity index (χ2v) is 16.1. The van der Waals surface area contributed by atoms with Gasteiger partial charge < -0.3 is 9.42 Å². The van der Waals surface area contributed by atoms with Crippen molar-refractivity contribution >= 4 is 33.1 Å². The SMILES string of the molecule is Cc1nc2cc(-c3cccc(N(CC45CCC(c6nc(C7CC7)no6)(CC4)CC5)C(=O)CC45CC(F)(C4)C5)c3)ccc2s1. The van der Waals surface area contributed by atoms with Crippen LogP contribution in [0.1, 0.15) is 99.7 Å². The molecule has 7 saturated carbocycles. The van der Waals surface area contributed by atoms with Gasteiger partial charge in [-0.15, -0.1) is 11.3 Å². The lowest BCUT2D eigenvalue weighted by molar-refractivity contribution is -0.215. The number of anilines is 1. The first-order valence-corrected chi connectivity index (χ1v) is 16.9.